The van der Waals surface area contributed by atoms with Crippen molar-refractivity contribution in [3.63, 3.8) is 0 Å². The minimum absolute atomic E-state index is 0.0118. The molecule has 1 aromatic rings. The number of hydrogen-bond acceptors (Lipinski definition) is 6. The molecule has 1 atom stereocenters. The fourth-order valence-corrected chi connectivity index (χ4v) is 5.16. The van der Waals surface area contributed by atoms with Crippen molar-refractivity contribution in [3.8, 4) is 5.75 Å². The average Bonchev–Trinajstić information content (AvgIpc) is 3.35. The van der Waals surface area contributed by atoms with Gasteiger partial charge in [-0.2, -0.15) is 0 Å². The molecule has 0 aromatic heterocycles. The number of carbonyl (C=O) groups excluding carboxylic acids is 2. The first kappa shape index (κ1) is 19.9. The van der Waals surface area contributed by atoms with Crippen molar-refractivity contribution >= 4 is 33.3 Å². The predicted octanol–water partition coefficient (Wildman–Crippen LogP) is 1.75. The Hall–Kier alpha value is -1.80. The van der Waals surface area contributed by atoms with E-state index < -0.39 is 22.4 Å². The second-order valence-corrected chi connectivity index (χ2v) is 9.61. The number of rotatable bonds is 7. The zero-order valence-electron chi connectivity index (χ0n) is 15.0. The maximum atomic E-state index is 12.5. The first-order chi connectivity index (χ1) is 12.7. The number of ether oxygens (including phenoxy) is 2. The highest BCUT2D eigenvalue weighted by molar-refractivity contribution is 7.91. The molecule has 1 amide bonds. The van der Waals surface area contributed by atoms with Gasteiger partial charge in [-0.1, -0.05) is 11.6 Å². The third-order valence-corrected chi connectivity index (χ3v) is 6.65. The van der Waals surface area contributed by atoms with Crippen LogP contribution in [0.5, 0.6) is 5.75 Å². The van der Waals surface area contributed by atoms with E-state index in [2.05, 4.69) is 0 Å². The largest absolute Gasteiger partial charge is 0.482 e. The van der Waals surface area contributed by atoms with Crippen molar-refractivity contribution in [1.82, 2.24) is 4.90 Å². The van der Waals surface area contributed by atoms with Crippen LogP contribution in [0.4, 0.5) is 0 Å². The number of aryl methyl sites for hydroxylation is 1. The van der Waals surface area contributed by atoms with E-state index in [9.17, 15) is 18.0 Å². The molecule has 148 valence electrons. The molecular formula is C18H22ClNO6S. The van der Waals surface area contributed by atoms with Gasteiger partial charge in [0.1, 0.15) is 5.75 Å². The maximum Gasteiger partial charge on any atom is 0.344 e. The quantitative estimate of drug-likeness (QED) is 0.630. The summed E-state index contributed by atoms with van der Waals surface area (Å²) in [5, 5.41) is 0.571. The Bertz CT molecular complexity index is 836. The molecule has 7 nitrogen and oxygen atoms in total. The molecule has 27 heavy (non-hydrogen) atoms. The molecule has 0 radical (unpaired) electrons. The molecule has 0 unspecified atom stereocenters. The topological polar surface area (TPSA) is 90.0 Å². The molecule has 1 saturated carbocycles. The number of esters is 1. The Labute approximate surface area is 163 Å². The molecule has 1 saturated heterocycles. The van der Waals surface area contributed by atoms with Gasteiger partial charge in [0.25, 0.3) is 5.91 Å². The molecule has 1 aliphatic carbocycles. The first-order valence-corrected chi connectivity index (χ1v) is 11.0. The van der Waals surface area contributed by atoms with Crippen molar-refractivity contribution in [2.24, 2.45) is 0 Å². The maximum absolute atomic E-state index is 12.5. The Morgan fingerprint density at radius 1 is 1.19 bits per heavy atom. The monoisotopic (exact) mass is 415 g/mol. The van der Waals surface area contributed by atoms with Crippen LogP contribution >= 0.6 is 11.6 Å². The van der Waals surface area contributed by atoms with Crippen LogP contribution in [0, 0.1) is 6.92 Å². The summed E-state index contributed by atoms with van der Waals surface area (Å²) in [6.45, 7) is 1.07. The highest BCUT2D eigenvalue weighted by Gasteiger charge is 2.42. The molecule has 9 heteroatoms. The summed E-state index contributed by atoms with van der Waals surface area (Å²) in [6.07, 6.45) is 2.15. The van der Waals surface area contributed by atoms with Gasteiger partial charge in [0.2, 0.25) is 0 Å². The van der Waals surface area contributed by atoms with E-state index in [1.165, 1.54) is 0 Å². The second kappa shape index (κ2) is 8.06. The molecule has 2 aliphatic rings. The lowest BCUT2D eigenvalue weighted by Gasteiger charge is -2.28. The Morgan fingerprint density at radius 2 is 1.93 bits per heavy atom. The van der Waals surface area contributed by atoms with Crippen LogP contribution in [0.25, 0.3) is 0 Å². The lowest BCUT2D eigenvalue weighted by Crippen LogP contribution is -2.45. The number of carbonyl (C=O) groups is 2. The van der Waals surface area contributed by atoms with Gasteiger partial charge in [0.15, 0.2) is 23.1 Å². The van der Waals surface area contributed by atoms with E-state index >= 15 is 0 Å². The molecule has 1 aromatic carbocycles. The minimum atomic E-state index is -3.09. The first-order valence-electron chi connectivity index (χ1n) is 8.81. The fourth-order valence-electron chi connectivity index (χ4n) is 3.22. The van der Waals surface area contributed by atoms with Crippen molar-refractivity contribution < 1.29 is 27.5 Å². The van der Waals surface area contributed by atoms with Crippen molar-refractivity contribution in [2.75, 3.05) is 24.7 Å². The number of halogens is 1. The average molecular weight is 416 g/mol. The molecule has 3 rings (SSSR count). The lowest BCUT2D eigenvalue weighted by atomic mass is 10.2. The van der Waals surface area contributed by atoms with E-state index in [-0.39, 0.29) is 36.1 Å². The molecule has 1 heterocycles. The van der Waals surface area contributed by atoms with Crippen molar-refractivity contribution in [3.05, 3.63) is 28.8 Å². The third-order valence-electron chi connectivity index (χ3n) is 4.67. The second-order valence-electron chi connectivity index (χ2n) is 6.95. The number of nitrogens with zero attached hydrogens (tertiary/aromatic N) is 1. The Morgan fingerprint density at radius 3 is 2.52 bits per heavy atom. The summed E-state index contributed by atoms with van der Waals surface area (Å²) in [5.41, 5.74) is 0.786. The van der Waals surface area contributed by atoms with E-state index in [1.54, 1.807) is 30.0 Å². The normalized spacial score (nSPS) is 20.9. The number of benzene rings is 1. The van der Waals surface area contributed by atoms with Gasteiger partial charge in [-0.25, -0.2) is 13.2 Å². The highest BCUT2D eigenvalue weighted by Crippen LogP contribution is 2.32. The number of amides is 1. The standard InChI is InChI=1S/C18H22ClNO6S/c1-12-8-13(19)2-5-16(12)25-10-18(22)26-9-17(21)20(14-3-4-14)15-6-7-27(23,24)11-15/h2,5,8,14-15H,3-4,6-7,9-11H2,1H3/t15-/m0/s1. The highest BCUT2D eigenvalue weighted by atomic mass is 35.5. The fraction of sp³-hybridized carbons (Fsp3) is 0.556. The summed E-state index contributed by atoms with van der Waals surface area (Å²) < 4.78 is 33.8. The molecule has 2 fully saturated rings. The zero-order chi connectivity index (χ0) is 19.6. The molecule has 0 N–H and O–H groups in total. The molecule has 0 bridgehead atoms. The number of sulfone groups is 1. The summed E-state index contributed by atoms with van der Waals surface area (Å²) in [5.74, 6) is -0.411. The van der Waals surface area contributed by atoms with E-state index in [4.69, 9.17) is 21.1 Å². The van der Waals surface area contributed by atoms with Crippen LogP contribution in [-0.4, -0.2) is 62.0 Å². The van der Waals surface area contributed by atoms with Gasteiger partial charge in [-0.3, -0.25) is 4.79 Å². The van der Waals surface area contributed by atoms with Gasteiger partial charge in [-0.05, 0) is 49.9 Å². The van der Waals surface area contributed by atoms with Crippen molar-refractivity contribution in [2.45, 2.75) is 38.3 Å². The Kier molecular flexibility index (Phi) is 5.95. The van der Waals surface area contributed by atoms with Crippen molar-refractivity contribution in [1.29, 1.82) is 0 Å². The van der Waals surface area contributed by atoms with Crippen LogP contribution in [0.1, 0.15) is 24.8 Å². The lowest BCUT2D eigenvalue weighted by molar-refractivity contribution is -0.154. The summed E-state index contributed by atoms with van der Waals surface area (Å²) in [6, 6.07) is 4.77. The van der Waals surface area contributed by atoms with Gasteiger partial charge in [0.05, 0.1) is 11.5 Å². The van der Waals surface area contributed by atoms with Gasteiger partial charge >= 0.3 is 5.97 Å². The predicted molar refractivity (Wildman–Crippen MR) is 99.6 cm³/mol. The van der Waals surface area contributed by atoms with Gasteiger partial charge in [0, 0.05) is 17.1 Å². The van der Waals surface area contributed by atoms with Crippen LogP contribution in [0.2, 0.25) is 5.02 Å². The molecule has 1 aliphatic heterocycles. The SMILES string of the molecule is Cc1cc(Cl)ccc1OCC(=O)OCC(=O)N(C1CC1)[C@H]1CCS(=O)(=O)C1. The summed E-state index contributed by atoms with van der Waals surface area (Å²) in [4.78, 5) is 26.0. The smallest absolute Gasteiger partial charge is 0.344 e. The number of hydrogen-bond donors (Lipinski definition) is 0. The Balaban J connectivity index is 1.49. The summed E-state index contributed by atoms with van der Waals surface area (Å²) >= 11 is 5.87. The van der Waals surface area contributed by atoms with Crippen LogP contribution in [0.15, 0.2) is 18.2 Å². The third kappa shape index (κ3) is 5.35. The zero-order valence-corrected chi connectivity index (χ0v) is 16.6. The van der Waals surface area contributed by atoms with Crippen LogP contribution in [0.3, 0.4) is 0 Å². The molecular weight excluding hydrogens is 394 g/mol. The van der Waals surface area contributed by atoms with E-state index in [1.807, 2.05) is 0 Å². The minimum Gasteiger partial charge on any atom is -0.482 e. The van der Waals surface area contributed by atoms with Gasteiger partial charge in [-0.15, -0.1) is 0 Å². The van der Waals surface area contributed by atoms with E-state index in [0.717, 1.165) is 18.4 Å². The van der Waals surface area contributed by atoms with E-state index in [0.29, 0.717) is 17.2 Å². The molecule has 0 spiro atoms. The van der Waals surface area contributed by atoms with Crippen LogP contribution in [-0.2, 0) is 24.2 Å². The summed E-state index contributed by atoms with van der Waals surface area (Å²) in [7, 11) is -3.09. The van der Waals surface area contributed by atoms with Gasteiger partial charge < -0.3 is 14.4 Å². The van der Waals surface area contributed by atoms with Crippen LogP contribution < -0.4 is 4.74 Å².